The lowest BCUT2D eigenvalue weighted by atomic mass is 10.0. The van der Waals surface area contributed by atoms with E-state index in [0.717, 1.165) is 0 Å². The molecule has 0 bridgehead atoms. The third-order valence-corrected chi connectivity index (χ3v) is 3.12. The molecule has 1 amide bonds. The molecule has 2 aromatic rings. The summed E-state index contributed by atoms with van der Waals surface area (Å²) in [6, 6.07) is 4.49. The summed E-state index contributed by atoms with van der Waals surface area (Å²) in [6.07, 6.45) is 0.623. The molecule has 1 heterocycles. The van der Waals surface area contributed by atoms with E-state index in [1.165, 1.54) is 4.57 Å². The molecule has 0 saturated carbocycles. The SMILES string of the molecule is CC(C)C[C@H](N)C(=O)Nc1ccc2oc(=O)n(C)c2c1. The van der Waals surface area contributed by atoms with Crippen LogP contribution in [0.2, 0.25) is 0 Å². The Kier molecular flexibility index (Phi) is 3.94. The van der Waals surface area contributed by atoms with Crippen molar-refractivity contribution in [1.29, 1.82) is 0 Å². The average Bonchev–Trinajstić information content (AvgIpc) is 2.65. The van der Waals surface area contributed by atoms with Gasteiger partial charge in [0.05, 0.1) is 11.6 Å². The van der Waals surface area contributed by atoms with Gasteiger partial charge in [-0.15, -0.1) is 0 Å². The second-order valence-corrected chi connectivity index (χ2v) is 5.33. The van der Waals surface area contributed by atoms with Crippen LogP contribution in [0.3, 0.4) is 0 Å². The number of hydrogen-bond acceptors (Lipinski definition) is 4. The lowest BCUT2D eigenvalue weighted by Gasteiger charge is -2.14. The number of fused-ring (bicyclic) bond motifs is 1. The second kappa shape index (κ2) is 5.50. The molecule has 1 aromatic carbocycles. The highest BCUT2D eigenvalue weighted by Crippen LogP contribution is 2.18. The van der Waals surface area contributed by atoms with Crippen LogP contribution in [0.1, 0.15) is 20.3 Å². The van der Waals surface area contributed by atoms with Gasteiger partial charge in [0.1, 0.15) is 0 Å². The topological polar surface area (TPSA) is 90.3 Å². The smallest absolute Gasteiger partial charge is 0.408 e. The Balaban J connectivity index is 2.19. The third kappa shape index (κ3) is 2.91. The summed E-state index contributed by atoms with van der Waals surface area (Å²) in [5.41, 5.74) is 7.54. The molecule has 108 valence electrons. The van der Waals surface area contributed by atoms with Crippen molar-refractivity contribution in [2.45, 2.75) is 26.3 Å². The molecule has 2 rings (SSSR count). The first-order valence-corrected chi connectivity index (χ1v) is 6.54. The van der Waals surface area contributed by atoms with E-state index in [0.29, 0.717) is 29.1 Å². The van der Waals surface area contributed by atoms with Gasteiger partial charge in [-0.2, -0.15) is 0 Å². The Labute approximate surface area is 116 Å². The first-order chi connectivity index (χ1) is 9.38. The van der Waals surface area contributed by atoms with Gasteiger partial charge in [0.25, 0.3) is 0 Å². The number of oxazole rings is 1. The van der Waals surface area contributed by atoms with Crippen LogP contribution in [0.5, 0.6) is 0 Å². The molecule has 0 radical (unpaired) electrons. The first kappa shape index (κ1) is 14.3. The maximum Gasteiger partial charge on any atom is 0.419 e. The minimum atomic E-state index is -0.543. The lowest BCUT2D eigenvalue weighted by molar-refractivity contribution is -0.117. The fourth-order valence-electron chi connectivity index (χ4n) is 2.05. The van der Waals surface area contributed by atoms with E-state index < -0.39 is 11.8 Å². The van der Waals surface area contributed by atoms with Gasteiger partial charge in [-0.3, -0.25) is 9.36 Å². The first-order valence-electron chi connectivity index (χ1n) is 6.54. The Morgan fingerprint density at radius 1 is 1.45 bits per heavy atom. The van der Waals surface area contributed by atoms with Crippen molar-refractivity contribution < 1.29 is 9.21 Å². The number of aryl methyl sites for hydroxylation is 1. The molecular weight excluding hydrogens is 258 g/mol. The van der Waals surface area contributed by atoms with E-state index in [-0.39, 0.29) is 5.91 Å². The number of anilines is 1. The zero-order valence-electron chi connectivity index (χ0n) is 11.8. The van der Waals surface area contributed by atoms with Crippen molar-refractivity contribution >= 4 is 22.7 Å². The molecule has 0 aliphatic carbocycles. The number of benzene rings is 1. The minimum Gasteiger partial charge on any atom is -0.408 e. The van der Waals surface area contributed by atoms with Crippen LogP contribution in [-0.4, -0.2) is 16.5 Å². The fraction of sp³-hybridized carbons (Fsp3) is 0.429. The normalized spacial score (nSPS) is 12.8. The van der Waals surface area contributed by atoms with Gasteiger partial charge in [-0.25, -0.2) is 4.79 Å². The van der Waals surface area contributed by atoms with Crippen LogP contribution in [0.15, 0.2) is 27.4 Å². The Bertz CT molecular complexity index is 685. The Morgan fingerprint density at radius 3 is 2.80 bits per heavy atom. The van der Waals surface area contributed by atoms with Gasteiger partial charge in [0.2, 0.25) is 5.91 Å². The molecule has 0 aliphatic rings. The van der Waals surface area contributed by atoms with Gasteiger partial charge in [0, 0.05) is 12.7 Å². The van der Waals surface area contributed by atoms with Gasteiger partial charge in [0.15, 0.2) is 5.58 Å². The summed E-state index contributed by atoms with van der Waals surface area (Å²) in [5, 5.41) is 2.75. The predicted molar refractivity (Wildman–Crippen MR) is 77.5 cm³/mol. The van der Waals surface area contributed by atoms with E-state index in [1.54, 1.807) is 25.2 Å². The molecule has 0 spiro atoms. The van der Waals surface area contributed by atoms with Gasteiger partial charge in [-0.1, -0.05) is 13.8 Å². The standard InChI is InChI=1S/C14H19N3O3/c1-8(2)6-10(15)13(18)16-9-4-5-12-11(7-9)17(3)14(19)20-12/h4-5,7-8,10H,6,15H2,1-3H3,(H,16,18)/t10-/m0/s1. The van der Waals surface area contributed by atoms with Crippen molar-refractivity contribution in [2.75, 3.05) is 5.32 Å². The van der Waals surface area contributed by atoms with E-state index >= 15 is 0 Å². The largest absolute Gasteiger partial charge is 0.419 e. The van der Waals surface area contributed by atoms with Crippen molar-refractivity contribution in [2.24, 2.45) is 18.7 Å². The molecule has 0 fully saturated rings. The number of nitrogens with zero attached hydrogens (tertiary/aromatic N) is 1. The van der Waals surface area contributed by atoms with Crippen molar-refractivity contribution in [3.05, 3.63) is 28.7 Å². The molecule has 20 heavy (non-hydrogen) atoms. The summed E-state index contributed by atoms with van der Waals surface area (Å²) >= 11 is 0. The summed E-state index contributed by atoms with van der Waals surface area (Å²) < 4.78 is 6.42. The maximum atomic E-state index is 11.9. The Morgan fingerprint density at radius 2 is 2.15 bits per heavy atom. The van der Waals surface area contributed by atoms with Crippen LogP contribution >= 0.6 is 0 Å². The zero-order chi connectivity index (χ0) is 14.9. The molecular formula is C14H19N3O3. The van der Waals surface area contributed by atoms with E-state index in [1.807, 2.05) is 13.8 Å². The number of carbonyl (C=O) groups is 1. The molecule has 1 aromatic heterocycles. The molecule has 0 aliphatic heterocycles. The molecule has 6 heteroatoms. The number of rotatable bonds is 4. The van der Waals surface area contributed by atoms with Crippen molar-refractivity contribution in [3.63, 3.8) is 0 Å². The fourth-order valence-corrected chi connectivity index (χ4v) is 2.05. The number of aromatic nitrogens is 1. The van der Waals surface area contributed by atoms with E-state index in [9.17, 15) is 9.59 Å². The van der Waals surface area contributed by atoms with Gasteiger partial charge in [-0.05, 0) is 30.5 Å². The maximum absolute atomic E-state index is 11.9. The highest BCUT2D eigenvalue weighted by molar-refractivity contribution is 5.96. The number of hydrogen-bond donors (Lipinski definition) is 2. The lowest BCUT2D eigenvalue weighted by Crippen LogP contribution is -2.36. The van der Waals surface area contributed by atoms with E-state index in [2.05, 4.69) is 5.32 Å². The van der Waals surface area contributed by atoms with Gasteiger partial charge >= 0.3 is 5.76 Å². The van der Waals surface area contributed by atoms with Gasteiger partial charge < -0.3 is 15.5 Å². The van der Waals surface area contributed by atoms with E-state index in [4.69, 9.17) is 10.2 Å². The van der Waals surface area contributed by atoms with Crippen molar-refractivity contribution in [1.82, 2.24) is 4.57 Å². The average molecular weight is 277 g/mol. The van der Waals surface area contributed by atoms with Crippen LogP contribution in [0.4, 0.5) is 5.69 Å². The third-order valence-electron chi connectivity index (χ3n) is 3.12. The van der Waals surface area contributed by atoms with Crippen molar-refractivity contribution in [3.8, 4) is 0 Å². The number of nitrogens with two attached hydrogens (primary N) is 1. The monoisotopic (exact) mass is 277 g/mol. The molecule has 1 atom stereocenters. The number of nitrogens with one attached hydrogen (secondary N) is 1. The summed E-state index contributed by atoms with van der Waals surface area (Å²) in [4.78, 5) is 23.3. The van der Waals surface area contributed by atoms with Crippen LogP contribution in [0.25, 0.3) is 11.1 Å². The Hall–Kier alpha value is -2.08. The number of carbonyl (C=O) groups excluding carboxylic acids is 1. The minimum absolute atomic E-state index is 0.230. The summed E-state index contributed by atoms with van der Waals surface area (Å²) in [7, 11) is 1.62. The second-order valence-electron chi connectivity index (χ2n) is 5.33. The zero-order valence-corrected chi connectivity index (χ0v) is 11.8. The van der Waals surface area contributed by atoms with Crippen LogP contribution < -0.4 is 16.8 Å². The summed E-state index contributed by atoms with van der Waals surface area (Å²) in [6.45, 7) is 4.03. The predicted octanol–water partition coefficient (Wildman–Crippen LogP) is 1.44. The number of amides is 1. The van der Waals surface area contributed by atoms with Crippen LogP contribution in [0, 0.1) is 5.92 Å². The highest BCUT2D eigenvalue weighted by Gasteiger charge is 2.15. The quantitative estimate of drug-likeness (QED) is 0.884. The molecule has 3 N–H and O–H groups in total. The van der Waals surface area contributed by atoms with Crippen LogP contribution in [-0.2, 0) is 11.8 Å². The molecule has 0 unspecified atom stereocenters. The molecule has 0 saturated heterocycles. The summed E-state index contributed by atoms with van der Waals surface area (Å²) in [5.74, 6) is -0.306. The highest BCUT2D eigenvalue weighted by atomic mass is 16.4. The molecule has 6 nitrogen and oxygen atoms in total.